The van der Waals surface area contributed by atoms with Crippen LogP contribution in [0.15, 0.2) is 34.7 Å². The Bertz CT molecular complexity index is 880. The molecule has 19 heavy (non-hydrogen) atoms. The van der Waals surface area contributed by atoms with Gasteiger partial charge in [0.2, 0.25) is 5.71 Å². The Labute approximate surface area is 109 Å². The van der Waals surface area contributed by atoms with Crippen LogP contribution in [0.25, 0.3) is 22.1 Å². The lowest BCUT2D eigenvalue weighted by Gasteiger charge is -2.02. The lowest BCUT2D eigenvalue weighted by Crippen LogP contribution is -2.05. The predicted octanol–water partition coefficient (Wildman–Crippen LogP) is 2.63. The maximum Gasteiger partial charge on any atom is 0.306 e. The Morgan fingerprint density at radius 2 is 1.95 bits per heavy atom. The molecule has 0 fully saturated rings. The Balaban J connectivity index is 2.34. The van der Waals surface area contributed by atoms with Crippen molar-refractivity contribution in [3.63, 3.8) is 0 Å². The first-order valence-electron chi connectivity index (χ1n) is 5.62. The molecular formula is C13H11NO4S. The van der Waals surface area contributed by atoms with Crippen LogP contribution in [-0.4, -0.2) is 19.7 Å². The fourth-order valence-electron chi connectivity index (χ4n) is 1.97. The van der Waals surface area contributed by atoms with Gasteiger partial charge in [0.1, 0.15) is 0 Å². The molecule has 0 N–H and O–H groups in total. The quantitative estimate of drug-likeness (QED) is 0.673. The number of rotatable bonds is 2. The minimum atomic E-state index is -3.59. The van der Waals surface area contributed by atoms with Crippen LogP contribution in [0.5, 0.6) is 5.75 Å². The highest BCUT2D eigenvalue weighted by molar-refractivity contribution is 7.86. The molecular weight excluding hydrogens is 266 g/mol. The van der Waals surface area contributed by atoms with Crippen molar-refractivity contribution in [2.75, 3.05) is 6.26 Å². The third-order valence-electron chi connectivity index (χ3n) is 2.71. The standard InChI is InChI=1S/C13H11NO4S/c1-8-6-7-10-9-4-3-5-11(18-19(2,15)16)12(9)17-13(10)14-8/h3-7H,1-2H3. The van der Waals surface area contributed by atoms with Gasteiger partial charge in [0.05, 0.1) is 6.26 Å². The maximum absolute atomic E-state index is 11.2. The summed E-state index contributed by atoms with van der Waals surface area (Å²) in [4.78, 5) is 4.28. The molecule has 0 bridgehead atoms. The molecule has 5 nitrogen and oxygen atoms in total. The highest BCUT2D eigenvalue weighted by Crippen LogP contribution is 2.34. The zero-order valence-electron chi connectivity index (χ0n) is 10.4. The third kappa shape index (κ3) is 2.15. The predicted molar refractivity (Wildman–Crippen MR) is 71.7 cm³/mol. The van der Waals surface area contributed by atoms with Crippen molar-refractivity contribution >= 4 is 32.2 Å². The first-order chi connectivity index (χ1) is 8.94. The van der Waals surface area contributed by atoms with Crippen LogP contribution in [0, 0.1) is 6.92 Å². The molecule has 0 aliphatic heterocycles. The number of aryl methyl sites for hydroxylation is 1. The molecule has 2 aromatic heterocycles. The van der Waals surface area contributed by atoms with Gasteiger partial charge in [0, 0.05) is 16.5 Å². The van der Waals surface area contributed by atoms with E-state index < -0.39 is 10.1 Å². The summed E-state index contributed by atoms with van der Waals surface area (Å²) >= 11 is 0. The van der Waals surface area contributed by atoms with E-state index in [2.05, 4.69) is 4.98 Å². The van der Waals surface area contributed by atoms with Crippen molar-refractivity contribution < 1.29 is 17.0 Å². The second-order valence-electron chi connectivity index (χ2n) is 4.33. The van der Waals surface area contributed by atoms with Gasteiger partial charge in [-0.2, -0.15) is 8.42 Å². The highest BCUT2D eigenvalue weighted by Gasteiger charge is 2.15. The van der Waals surface area contributed by atoms with E-state index in [1.807, 2.05) is 25.1 Å². The van der Waals surface area contributed by atoms with Gasteiger partial charge >= 0.3 is 10.1 Å². The summed E-state index contributed by atoms with van der Waals surface area (Å²) in [6.45, 7) is 1.86. The topological polar surface area (TPSA) is 69.4 Å². The van der Waals surface area contributed by atoms with E-state index in [0.29, 0.717) is 11.3 Å². The van der Waals surface area contributed by atoms with E-state index in [1.54, 1.807) is 12.1 Å². The SMILES string of the molecule is Cc1ccc2c(n1)oc1c(OS(C)(=O)=O)cccc12. The Morgan fingerprint density at radius 3 is 2.68 bits per heavy atom. The fourth-order valence-corrected chi connectivity index (χ4v) is 2.43. The molecule has 0 aliphatic carbocycles. The van der Waals surface area contributed by atoms with Gasteiger partial charge < -0.3 is 8.60 Å². The van der Waals surface area contributed by atoms with Crippen molar-refractivity contribution in [2.45, 2.75) is 6.92 Å². The molecule has 0 amide bonds. The van der Waals surface area contributed by atoms with Crippen LogP contribution < -0.4 is 4.18 Å². The van der Waals surface area contributed by atoms with Crippen LogP contribution in [0.3, 0.4) is 0 Å². The van der Waals surface area contributed by atoms with Crippen LogP contribution >= 0.6 is 0 Å². The third-order valence-corrected chi connectivity index (χ3v) is 3.19. The zero-order valence-corrected chi connectivity index (χ0v) is 11.2. The normalized spacial score (nSPS) is 12.1. The second-order valence-corrected chi connectivity index (χ2v) is 5.90. The summed E-state index contributed by atoms with van der Waals surface area (Å²) in [7, 11) is -3.59. The smallest absolute Gasteiger partial charge is 0.306 e. The van der Waals surface area contributed by atoms with Crippen molar-refractivity contribution in [2.24, 2.45) is 0 Å². The number of aromatic nitrogens is 1. The van der Waals surface area contributed by atoms with Crippen LogP contribution in [0.1, 0.15) is 5.69 Å². The summed E-state index contributed by atoms with van der Waals surface area (Å²) in [6, 6.07) is 8.89. The van der Waals surface area contributed by atoms with E-state index in [0.717, 1.165) is 22.7 Å². The van der Waals surface area contributed by atoms with Gasteiger partial charge in [-0.3, -0.25) is 0 Å². The van der Waals surface area contributed by atoms with Gasteiger partial charge in [-0.25, -0.2) is 4.98 Å². The lowest BCUT2D eigenvalue weighted by molar-refractivity contribution is 0.488. The number of pyridine rings is 1. The Morgan fingerprint density at radius 1 is 1.16 bits per heavy atom. The van der Waals surface area contributed by atoms with Crippen molar-refractivity contribution in [1.29, 1.82) is 0 Å². The molecule has 6 heteroatoms. The van der Waals surface area contributed by atoms with E-state index >= 15 is 0 Å². The van der Waals surface area contributed by atoms with Crippen molar-refractivity contribution in [3.8, 4) is 5.75 Å². The first kappa shape index (κ1) is 12.0. The Kier molecular flexibility index (Phi) is 2.50. The highest BCUT2D eigenvalue weighted by atomic mass is 32.2. The van der Waals surface area contributed by atoms with E-state index in [-0.39, 0.29) is 5.75 Å². The average molecular weight is 277 g/mol. The second kappa shape index (κ2) is 3.96. The molecule has 0 aliphatic rings. The molecule has 0 saturated carbocycles. The number of benzene rings is 1. The molecule has 3 rings (SSSR count). The lowest BCUT2D eigenvalue weighted by atomic mass is 10.2. The number of hydrogen-bond donors (Lipinski definition) is 0. The molecule has 98 valence electrons. The van der Waals surface area contributed by atoms with Gasteiger partial charge in [-0.1, -0.05) is 12.1 Å². The summed E-state index contributed by atoms with van der Waals surface area (Å²) in [5.74, 6) is 0.177. The fraction of sp³-hybridized carbons (Fsp3) is 0.154. The maximum atomic E-state index is 11.2. The minimum Gasteiger partial charge on any atom is -0.434 e. The molecule has 3 aromatic rings. The molecule has 0 spiro atoms. The number of nitrogens with zero attached hydrogens (tertiary/aromatic N) is 1. The van der Waals surface area contributed by atoms with Gasteiger partial charge in [-0.15, -0.1) is 0 Å². The van der Waals surface area contributed by atoms with Gasteiger partial charge in [-0.05, 0) is 25.1 Å². The number of furan rings is 1. The average Bonchev–Trinajstić information content (AvgIpc) is 2.65. The van der Waals surface area contributed by atoms with E-state index in [9.17, 15) is 8.42 Å². The summed E-state index contributed by atoms with van der Waals surface area (Å²) in [6.07, 6.45) is 0.997. The van der Waals surface area contributed by atoms with E-state index in [1.165, 1.54) is 0 Å². The molecule has 0 radical (unpaired) electrons. The molecule has 1 aromatic carbocycles. The van der Waals surface area contributed by atoms with Crippen LogP contribution in [0.2, 0.25) is 0 Å². The molecule has 0 unspecified atom stereocenters. The van der Waals surface area contributed by atoms with Crippen molar-refractivity contribution in [1.82, 2.24) is 4.98 Å². The molecule has 0 atom stereocenters. The molecule has 0 saturated heterocycles. The van der Waals surface area contributed by atoms with Crippen LogP contribution in [-0.2, 0) is 10.1 Å². The summed E-state index contributed by atoms with van der Waals surface area (Å²) in [5.41, 5.74) is 1.69. The van der Waals surface area contributed by atoms with Gasteiger partial charge in [0.25, 0.3) is 0 Å². The first-order valence-corrected chi connectivity index (χ1v) is 7.44. The largest absolute Gasteiger partial charge is 0.434 e. The Hall–Kier alpha value is -2.08. The van der Waals surface area contributed by atoms with Crippen molar-refractivity contribution in [3.05, 3.63) is 36.0 Å². The number of hydrogen-bond acceptors (Lipinski definition) is 5. The monoisotopic (exact) mass is 277 g/mol. The zero-order chi connectivity index (χ0) is 13.6. The number of fused-ring (bicyclic) bond motifs is 3. The van der Waals surface area contributed by atoms with Gasteiger partial charge in [0.15, 0.2) is 11.3 Å². The number of para-hydroxylation sites is 1. The summed E-state index contributed by atoms with van der Waals surface area (Å²) < 4.78 is 33.0. The van der Waals surface area contributed by atoms with Crippen LogP contribution in [0.4, 0.5) is 0 Å². The minimum absolute atomic E-state index is 0.177. The molecule has 2 heterocycles. The summed E-state index contributed by atoms with van der Waals surface area (Å²) in [5, 5.41) is 1.61. The van der Waals surface area contributed by atoms with E-state index in [4.69, 9.17) is 8.60 Å².